The van der Waals surface area contributed by atoms with Crippen LogP contribution in [-0.4, -0.2) is 19.0 Å². The standard InChI is InChI=1S/C30H52O2/c1-21(2)8-6-9-22(3)25-12-13-26-24-11-10-23-20-30(31-18-7-19-32-30)17-16-28(23,4)27(24)14-15-29(25,26)5/h21-27H,6-20H2,1-5H3/t22-,23?,24+,25-,26+,27+,28+,29-/m1/s1. The number of hydrogen-bond donors (Lipinski definition) is 0. The van der Waals surface area contributed by atoms with Gasteiger partial charge >= 0.3 is 0 Å². The Morgan fingerprint density at radius 2 is 1.53 bits per heavy atom. The van der Waals surface area contributed by atoms with Crippen molar-refractivity contribution in [2.75, 3.05) is 13.2 Å². The summed E-state index contributed by atoms with van der Waals surface area (Å²) in [6.45, 7) is 14.6. The van der Waals surface area contributed by atoms with E-state index in [9.17, 15) is 0 Å². The fourth-order valence-electron chi connectivity index (χ4n) is 10.1. The molecule has 2 heteroatoms. The Morgan fingerprint density at radius 3 is 2.28 bits per heavy atom. The summed E-state index contributed by atoms with van der Waals surface area (Å²) in [5, 5.41) is 0. The van der Waals surface area contributed by atoms with Gasteiger partial charge in [-0.05, 0) is 104 Å². The predicted molar refractivity (Wildman–Crippen MR) is 132 cm³/mol. The average molecular weight is 445 g/mol. The van der Waals surface area contributed by atoms with E-state index in [1.807, 2.05) is 0 Å². The van der Waals surface area contributed by atoms with E-state index in [2.05, 4.69) is 34.6 Å². The first-order chi connectivity index (χ1) is 15.3. The van der Waals surface area contributed by atoms with Crippen molar-refractivity contribution in [3.05, 3.63) is 0 Å². The van der Waals surface area contributed by atoms with Gasteiger partial charge < -0.3 is 9.47 Å². The quantitative estimate of drug-likeness (QED) is 0.425. The molecule has 0 amide bonds. The van der Waals surface area contributed by atoms with E-state index >= 15 is 0 Å². The smallest absolute Gasteiger partial charge is 0.168 e. The summed E-state index contributed by atoms with van der Waals surface area (Å²) in [5.74, 6) is 6.29. The van der Waals surface area contributed by atoms with Gasteiger partial charge in [-0.3, -0.25) is 0 Å². The van der Waals surface area contributed by atoms with Crippen LogP contribution < -0.4 is 0 Å². The number of hydrogen-bond acceptors (Lipinski definition) is 2. The first-order valence-corrected chi connectivity index (χ1v) is 14.6. The first-order valence-electron chi connectivity index (χ1n) is 14.6. The number of fused-ring (bicyclic) bond motifs is 5. The van der Waals surface area contributed by atoms with Crippen molar-refractivity contribution in [3.8, 4) is 0 Å². The van der Waals surface area contributed by atoms with Gasteiger partial charge in [0, 0.05) is 12.8 Å². The fraction of sp³-hybridized carbons (Fsp3) is 1.00. The lowest BCUT2D eigenvalue weighted by molar-refractivity contribution is -0.305. The Labute approximate surface area is 199 Å². The molecule has 0 aromatic rings. The van der Waals surface area contributed by atoms with Crippen LogP contribution in [0.1, 0.15) is 118 Å². The van der Waals surface area contributed by atoms with E-state index in [4.69, 9.17) is 9.47 Å². The third-order valence-electron chi connectivity index (χ3n) is 11.9. The lowest BCUT2D eigenvalue weighted by atomic mass is 9.44. The van der Waals surface area contributed by atoms with Crippen LogP contribution in [0.4, 0.5) is 0 Å². The molecule has 5 aliphatic rings. The molecule has 0 aromatic heterocycles. The van der Waals surface area contributed by atoms with Crippen molar-refractivity contribution >= 4 is 0 Å². The second kappa shape index (κ2) is 8.85. The third kappa shape index (κ3) is 3.92. The summed E-state index contributed by atoms with van der Waals surface area (Å²) < 4.78 is 12.6. The third-order valence-corrected chi connectivity index (χ3v) is 11.9. The monoisotopic (exact) mass is 444 g/mol. The predicted octanol–water partition coefficient (Wildman–Crippen LogP) is 8.24. The van der Waals surface area contributed by atoms with Crippen LogP contribution >= 0.6 is 0 Å². The van der Waals surface area contributed by atoms with Crippen LogP contribution in [0.5, 0.6) is 0 Å². The maximum absolute atomic E-state index is 6.29. The Hall–Kier alpha value is -0.0800. The van der Waals surface area contributed by atoms with Gasteiger partial charge in [0.1, 0.15) is 0 Å². The Balaban J connectivity index is 1.27. The molecule has 5 fully saturated rings. The van der Waals surface area contributed by atoms with Crippen molar-refractivity contribution in [1.82, 2.24) is 0 Å². The van der Waals surface area contributed by atoms with Crippen molar-refractivity contribution in [1.29, 1.82) is 0 Å². The van der Waals surface area contributed by atoms with Gasteiger partial charge in [-0.1, -0.05) is 53.9 Å². The summed E-state index contributed by atoms with van der Waals surface area (Å²) in [6.07, 6.45) is 18.0. The van der Waals surface area contributed by atoms with Crippen LogP contribution in [0.2, 0.25) is 0 Å². The van der Waals surface area contributed by atoms with Crippen LogP contribution in [0, 0.1) is 52.3 Å². The van der Waals surface area contributed by atoms with Crippen LogP contribution in [0.25, 0.3) is 0 Å². The first kappa shape index (κ1) is 23.7. The summed E-state index contributed by atoms with van der Waals surface area (Å²) in [4.78, 5) is 0. The van der Waals surface area contributed by atoms with Gasteiger partial charge in [0.25, 0.3) is 0 Å². The Bertz CT molecular complexity index is 651. The Morgan fingerprint density at radius 1 is 0.781 bits per heavy atom. The van der Waals surface area contributed by atoms with Gasteiger partial charge in [0.05, 0.1) is 13.2 Å². The second-order valence-corrected chi connectivity index (χ2v) is 13.9. The van der Waals surface area contributed by atoms with Crippen molar-refractivity contribution in [2.45, 2.75) is 124 Å². The molecule has 2 nitrogen and oxygen atoms in total. The van der Waals surface area contributed by atoms with E-state index < -0.39 is 0 Å². The highest BCUT2D eigenvalue weighted by atomic mass is 16.7. The zero-order valence-corrected chi connectivity index (χ0v) is 22.0. The van der Waals surface area contributed by atoms with Gasteiger partial charge in [0.2, 0.25) is 0 Å². The highest BCUT2D eigenvalue weighted by molar-refractivity contribution is 5.10. The molecule has 4 saturated carbocycles. The van der Waals surface area contributed by atoms with Crippen molar-refractivity contribution in [3.63, 3.8) is 0 Å². The molecule has 4 aliphatic carbocycles. The molecular formula is C30H52O2. The van der Waals surface area contributed by atoms with E-state index in [1.54, 1.807) is 0 Å². The van der Waals surface area contributed by atoms with Gasteiger partial charge in [-0.2, -0.15) is 0 Å². The molecule has 0 bridgehead atoms. The highest BCUT2D eigenvalue weighted by Crippen LogP contribution is 2.69. The highest BCUT2D eigenvalue weighted by Gasteiger charge is 2.62. The minimum Gasteiger partial charge on any atom is -0.350 e. The van der Waals surface area contributed by atoms with Crippen LogP contribution in [-0.2, 0) is 9.47 Å². The lowest BCUT2D eigenvalue weighted by Crippen LogP contribution is -2.57. The zero-order valence-electron chi connectivity index (χ0n) is 22.0. The summed E-state index contributed by atoms with van der Waals surface area (Å²) in [6, 6.07) is 0. The van der Waals surface area contributed by atoms with E-state index in [0.29, 0.717) is 10.8 Å². The fourth-order valence-corrected chi connectivity index (χ4v) is 10.1. The number of rotatable bonds is 5. The van der Waals surface area contributed by atoms with E-state index in [1.165, 1.54) is 70.6 Å². The summed E-state index contributed by atoms with van der Waals surface area (Å²) >= 11 is 0. The molecule has 0 radical (unpaired) electrons. The maximum atomic E-state index is 6.29. The molecule has 5 rings (SSSR count). The molecule has 1 heterocycles. The molecule has 1 saturated heterocycles. The average Bonchev–Trinajstić information content (AvgIpc) is 3.12. The van der Waals surface area contributed by atoms with E-state index in [-0.39, 0.29) is 5.79 Å². The second-order valence-electron chi connectivity index (χ2n) is 13.9. The normalized spacial score (nSPS) is 46.5. The molecule has 32 heavy (non-hydrogen) atoms. The number of ether oxygens (including phenoxy) is 2. The lowest BCUT2D eigenvalue weighted by Gasteiger charge is -2.62. The Kier molecular flexibility index (Phi) is 6.54. The molecule has 1 unspecified atom stereocenters. The summed E-state index contributed by atoms with van der Waals surface area (Å²) in [7, 11) is 0. The van der Waals surface area contributed by atoms with Gasteiger partial charge in [0.15, 0.2) is 5.79 Å². The van der Waals surface area contributed by atoms with Crippen molar-refractivity contribution in [2.24, 2.45) is 52.3 Å². The largest absolute Gasteiger partial charge is 0.350 e. The van der Waals surface area contributed by atoms with Gasteiger partial charge in [-0.15, -0.1) is 0 Å². The molecular weight excluding hydrogens is 392 g/mol. The van der Waals surface area contributed by atoms with Crippen LogP contribution in [0.3, 0.4) is 0 Å². The molecule has 0 N–H and O–H groups in total. The SMILES string of the molecule is CC(C)CCC[C@@H](C)[C@H]1CC[C@H]2[C@@H]3CCC4CC5(CC[C@]4(C)[C@H]3CC[C@]12C)OCCCO5. The maximum Gasteiger partial charge on any atom is 0.168 e. The molecule has 184 valence electrons. The molecule has 0 aromatic carbocycles. The topological polar surface area (TPSA) is 18.5 Å². The van der Waals surface area contributed by atoms with Gasteiger partial charge in [-0.25, -0.2) is 0 Å². The minimum absolute atomic E-state index is 0.220. The molecule has 1 spiro atoms. The molecule has 8 atom stereocenters. The van der Waals surface area contributed by atoms with E-state index in [0.717, 1.165) is 67.5 Å². The summed E-state index contributed by atoms with van der Waals surface area (Å²) in [5.41, 5.74) is 1.15. The van der Waals surface area contributed by atoms with Crippen LogP contribution in [0.15, 0.2) is 0 Å². The zero-order chi connectivity index (χ0) is 22.6. The van der Waals surface area contributed by atoms with Crippen molar-refractivity contribution < 1.29 is 9.47 Å². The molecule has 1 aliphatic heterocycles. The minimum atomic E-state index is -0.220.